The summed E-state index contributed by atoms with van der Waals surface area (Å²) >= 11 is 4.23. The van der Waals surface area contributed by atoms with E-state index in [1.165, 1.54) is 0 Å². The number of guanidine groups is 1. The summed E-state index contributed by atoms with van der Waals surface area (Å²) in [7, 11) is 0. The molecule has 0 heterocycles. The van der Waals surface area contributed by atoms with Crippen LogP contribution >= 0.6 is 45.2 Å². The highest BCUT2D eigenvalue weighted by Crippen LogP contribution is 2.28. The number of hydrogen-bond donors (Lipinski definition) is 3. The second-order valence-corrected chi connectivity index (χ2v) is 7.14. The molecule has 0 spiro atoms. The van der Waals surface area contributed by atoms with Crippen molar-refractivity contribution in [3.8, 4) is 5.75 Å². The molecule has 1 aromatic rings. The Labute approximate surface area is 180 Å². The number of nitrogens with one attached hydrogen (secondary N) is 2. The molecule has 1 saturated carbocycles. The Morgan fingerprint density at radius 2 is 1.92 bits per heavy atom. The van der Waals surface area contributed by atoms with E-state index in [2.05, 4.69) is 50.5 Å². The van der Waals surface area contributed by atoms with Gasteiger partial charge < -0.3 is 25.3 Å². The number of nitrogens with two attached hydrogens (primary N) is 1. The first-order valence-electron chi connectivity index (χ1n) is 8.37. The van der Waals surface area contributed by atoms with Crippen molar-refractivity contribution in [2.75, 3.05) is 14.5 Å². The second-order valence-electron chi connectivity index (χ2n) is 5.90. The molecule has 2 atom stereocenters. The molecule has 1 aliphatic carbocycles. The Kier molecular flexibility index (Phi) is 9.19. The zero-order valence-corrected chi connectivity index (χ0v) is 18.6. The topological polar surface area (TPSA) is 107 Å². The van der Waals surface area contributed by atoms with E-state index in [0.29, 0.717) is 26.2 Å². The van der Waals surface area contributed by atoms with Gasteiger partial charge in [0.2, 0.25) is 0 Å². The quantitative estimate of drug-likeness (QED) is 0.111. The lowest BCUT2D eigenvalue weighted by molar-refractivity contribution is -0.0402. The van der Waals surface area contributed by atoms with E-state index in [1.54, 1.807) is 18.2 Å². The molecule has 0 amide bonds. The molecule has 0 aromatic heterocycles. The molecule has 0 saturated heterocycles. The van der Waals surface area contributed by atoms with Crippen LogP contribution in [0.1, 0.15) is 42.5 Å². The Bertz CT molecular complexity index is 630. The molecular formula is C17H23I2N3O4. The van der Waals surface area contributed by atoms with Gasteiger partial charge in [-0.15, -0.1) is 0 Å². The maximum atomic E-state index is 12.8. The first kappa shape index (κ1) is 21.5. The standard InChI is InChI=1S/C17H23I2N3O4/c18-9-24-13-4-2-1-3-5-14(13)26-16(23)12-7-6-11(22-17(20)21)8-15(12)25-10-19/h6-8,13-14H,1-5,9-10H2,(H4,20,21,22). The zero-order valence-electron chi connectivity index (χ0n) is 14.3. The van der Waals surface area contributed by atoms with Gasteiger partial charge in [0.15, 0.2) is 5.96 Å². The predicted molar refractivity (Wildman–Crippen MR) is 118 cm³/mol. The second kappa shape index (κ2) is 11.1. The molecule has 2 rings (SSSR count). The van der Waals surface area contributed by atoms with Gasteiger partial charge in [-0.3, -0.25) is 5.41 Å². The smallest absolute Gasteiger partial charge is 0.342 e. The first-order chi connectivity index (χ1) is 12.5. The fraction of sp³-hybridized carbons (Fsp3) is 0.529. The van der Waals surface area contributed by atoms with Crippen molar-refractivity contribution in [2.24, 2.45) is 5.73 Å². The van der Waals surface area contributed by atoms with E-state index in [1.807, 2.05) is 0 Å². The highest BCUT2D eigenvalue weighted by molar-refractivity contribution is 14.1. The van der Waals surface area contributed by atoms with Crippen LogP contribution in [-0.4, -0.2) is 33.4 Å². The lowest BCUT2D eigenvalue weighted by Gasteiger charge is -2.25. The number of benzene rings is 1. The maximum Gasteiger partial charge on any atom is 0.342 e. The van der Waals surface area contributed by atoms with Crippen LogP contribution in [0.4, 0.5) is 5.69 Å². The van der Waals surface area contributed by atoms with Crippen LogP contribution in [0.5, 0.6) is 5.75 Å². The Hall–Kier alpha value is -0.820. The number of carbonyl (C=O) groups excluding carboxylic acids is 1. The van der Waals surface area contributed by atoms with Crippen LogP contribution < -0.4 is 15.8 Å². The van der Waals surface area contributed by atoms with Gasteiger partial charge in [-0.1, -0.05) is 35.4 Å². The van der Waals surface area contributed by atoms with Crippen molar-refractivity contribution in [1.82, 2.24) is 0 Å². The third-order valence-electron chi connectivity index (χ3n) is 4.12. The fourth-order valence-electron chi connectivity index (χ4n) is 2.95. The fourth-order valence-corrected chi connectivity index (χ4v) is 3.75. The van der Waals surface area contributed by atoms with Crippen LogP contribution in [-0.2, 0) is 9.47 Å². The van der Waals surface area contributed by atoms with E-state index in [4.69, 9.17) is 25.4 Å². The minimum atomic E-state index is -0.423. The summed E-state index contributed by atoms with van der Waals surface area (Å²) in [6.07, 6.45) is 4.64. The van der Waals surface area contributed by atoms with Crippen molar-refractivity contribution in [1.29, 1.82) is 5.41 Å². The van der Waals surface area contributed by atoms with Gasteiger partial charge in [0.1, 0.15) is 22.0 Å². The van der Waals surface area contributed by atoms with E-state index >= 15 is 0 Å². The van der Waals surface area contributed by atoms with Gasteiger partial charge >= 0.3 is 5.97 Å². The number of alkyl halides is 2. The molecule has 1 fully saturated rings. The van der Waals surface area contributed by atoms with Gasteiger partial charge in [-0.25, -0.2) is 4.79 Å². The minimum absolute atomic E-state index is 0.0639. The molecule has 0 radical (unpaired) electrons. The van der Waals surface area contributed by atoms with Gasteiger partial charge in [-0.05, 0) is 54.0 Å². The molecule has 2 unspecified atom stereocenters. The number of anilines is 1. The van der Waals surface area contributed by atoms with Crippen molar-refractivity contribution in [2.45, 2.75) is 44.3 Å². The number of halogens is 2. The SMILES string of the molecule is N=C(N)Nc1ccc(C(=O)OC2CCCCCC2OCI)c(OCI)c1. The molecule has 144 valence electrons. The van der Waals surface area contributed by atoms with Gasteiger partial charge in [0.05, 0.1) is 10.7 Å². The van der Waals surface area contributed by atoms with E-state index in [9.17, 15) is 4.79 Å². The maximum absolute atomic E-state index is 12.8. The normalized spacial score (nSPS) is 20.1. The molecule has 7 nitrogen and oxygen atoms in total. The van der Waals surface area contributed by atoms with Gasteiger partial charge in [0.25, 0.3) is 0 Å². The highest BCUT2D eigenvalue weighted by atomic mass is 127. The lowest BCUT2D eigenvalue weighted by atomic mass is 10.1. The van der Waals surface area contributed by atoms with Gasteiger partial charge in [0, 0.05) is 11.8 Å². The summed E-state index contributed by atoms with van der Waals surface area (Å²) in [5, 5.41) is 10.0. The molecule has 0 bridgehead atoms. The molecule has 26 heavy (non-hydrogen) atoms. The Morgan fingerprint density at radius 1 is 1.19 bits per heavy atom. The molecule has 1 aliphatic rings. The van der Waals surface area contributed by atoms with Crippen LogP contribution in [0, 0.1) is 5.41 Å². The molecule has 9 heteroatoms. The van der Waals surface area contributed by atoms with Crippen LogP contribution in [0.3, 0.4) is 0 Å². The van der Waals surface area contributed by atoms with E-state index in [0.717, 1.165) is 32.1 Å². The lowest BCUT2D eigenvalue weighted by Crippen LogP contribution is -2.32. The van der Waals surface area contributed by atoms with Crippen molar-refractivity contribution >= 4 is 62.8 Å². The predicted octanol–water partition coefficient (Wildman–Crippen LogP) is 4.03. The summed E-state index contributed by atoms with van der Waals surface area (Å²) in [5.74, 6) is -0.207. The molecular weight excluding hydrogens is 564 g/mol. The van der Waals surface area contributed by atoms with Crippen molar-refractivity contribution in [3.63, 3.8) is 0 Å². The largest absolute Gasteiger partial charge is 0.482 e. The number of hydrogen-bond acceptors (Lipinski definition) is 5. The highest BCUT2D eigenvalue weighted by Gasteiger charge is 2.29. The average molecular weight is 587 g/mol. The molecule has 0 aliphatic heterocycles. The Balaban J connectivity index is 2.17. The summed E-state index contributed by atoms with van der Waals surface area (Å²) < 4.78 is 18.1. The number of carbonyl (C=O) groups is 1. The Morgan fingerprint density at radius 3 is 2.58 bits per heavy atom. The van der Waals surface area contributed by atoms with Crippen LogP contribution in [0.25, 0.3) is 0 Å². The third-order valence-corrected chi connectivity index (χ3v) is 4.79. The summed E-state index contributed by atoms with van der Waals surface area (Å²) in [4.78, 5) is 12.8. The van der Waals surface area contributed by atoms with E-state index in [-0.39, 0.29) is 18.2 Å². The number of esters is 1. The summed E-state index contributed by atoms with van der Waals surface area (Å²) in [5.41, 5.74) is 6.29. The minimum Gasteiger partial charge on any atom is -0.482 e. The number of rotatable bonds is 7. The van der Waals surface area contributed by atoms with E-state index < -0.39 is 5.97 Å². The van der Waals surface area contributed by atoms with Crippen LogP contribution in [0.15, 0.2) is 18.2 Å². The first-order valence-corrected chi connectivity index (χ1v) is 11.4. The van der Waals surface area contributed by atoms with Crippen molar-refractivity contribution in [3.05, 3.63) is 23.8 Å². The third kappa shape index (κ3) is 6.41. The summed E-state index contributed by atoms with van der Waals surface area (Å²) in [6.45, 7) is 0. The summed E-state index contributed by atoms with van der Waals surface area (Å²) in [6, 6.07) is 4.94. The molecule has 1 aromatic carbocycles. The van der Waals surface area contributed by atoms with Crippen LogP contribution in [0.2, 0.25) is 0 Å². The molecule has 4 N–H and O–H groups in total. The zero-order chi connectivity index (χ0) is 18.9. The van der Waals surface area contributed by atoms with Gasteiger partial charge in [-0.2, -0.15) is 0 Å². The van der Waals surface area contributed by atoms with Crippen molar-refractivity contribution < 1.29 is 19.0 Å². The average Bonchev–Trinajstić information content (AvgIpc) is 2.81. The monoisotopic (exact) mass is 587 g/mol. The number of ether oxygens (including phenoxy) is 3.